The van der Waals surface area contributed by atoms with Crippen molar-refractivity contribution in [1.82, 2.24) is 10.6 Å². The Labute approximate surface area is 109 Å². The normalized spacial score (nSPS) is 23.8. The highest BCUT2D eigenvalue weighted by atomic mass is 16.5. The second kappa shape index (κ2) is 5.59. The minimum Gasteiger partial charge on any atom is -0.497 e. The summed E-state index contributed by atoms with van der Waals surface area (Å²) in [7, 11) is 3.38. The van der Waals surface area contributed by atoms with Crippen LogP contribution in [0, 0.1) is 6.92 Å². The van der Waals surface area contributed by atoms with Gasteiger partial charge in [-0.2, -0.15) is 0 Å². The van der Waals surface area contributed by atoms with Crippen LogP contribution in [0.4, 0.5) is 0 Å². The van der Waals surface area contributed by atoms with Crippen molar-refractivity contribution in [3.63, 3.8) is 0 Å². The molecule has 0 amide bonds. The number of aryl methyl sites for hydroxylation is 1. The number of methoxy groups -OCH3 is 2. The van der Waals surface area contributed by atoms with Gasteiger partial charge in [-0.15, -0.1) is 0 Å². The van der Waals surface area contributed by atoms with Crippen LogP contribution in [0.1, 0.15) is 24.1 Å². The van der Waals surface area contributed by atoms with E-state index in [4.69, 9.17) is 9.47 Å². The summed E-state index contributed by atoms with van der Waals surface area (Å²) in [6.07, 6.45) is 0. The highest BCUT2D eigenvalue weighted by Gasteiger charge is 2.26. The summed E-state index contributed by atoms with van der Waals surface area (Å²) in [6.45, 7) is 6.28. The molecule has 4 nitrogen and oxygen atoms in total. The largest absolute Gasteiger partial charge is 0.497 e. The van der Waals surface area contributed by atoms with Crippen molar-refractivity contribution in [2.24, 2.45) is 0 Å². The third kappa shape index (κ3) is 2.44. The van der Waals surface area contributed by atoms with Gasteiger partial charge in [-0.05, 0) is 25.5 Å². The summed E-state index contributed by atoms with van der Waals surface area (Å²) in [6, 6.07) is 4.67. The number of hydrogen-bond acceptors (Lipinski definition) is 4. The summed E-state index contributed by atoms with van der Waals surface area (Å²) in [4.78, 5) is 0. The summed E-state index contributed by atoms with van der Waals surface area (Å²) in [5, 5.41) is 7.04. The lowest BCUT2D eigenvalue weighted by Gasteiger charge is -2.33. The molecule has 1 aliphatic heterocycles. The zero-order valence-corrected chi connectivity index (χ0v) is 11.5. The van der Waals surface area contributed by atoms with E-state index in [1.807, 2.05) is 6.07 Å². The Kier molecular flexibility index (Phi) is 4.09. The second-order valence-electron chi connectivity index (χ2n) is 4.73. The number of ether oxygens (including phenoxy) is 2. The topological polar surface area (TPSA) is 42.5 Å². The van der Waals surface area contributed by atoms with E-state index in [2.05, 4.69) is 30.5 Å². The van der Waals surface area contributed by atoms with Gasteiger partial charge >= 0.3 is 0 Å². The van der Waals surface area contributed by atoms with Gasteiger partial charge < -0.3 is 20.1 Å². The summed E-state index contributed by atoms with van der Waals surface area (Å²) >= 11 is 0. The van der Waals surface area contributed by atoms with Crippen LogP contribution in [-0.4, -0.2) is 33.4 Å². The molecule has 18 heavy (non-hydrogen) atoms. The standard InChI is InChI=1S/C14H22N2O2/c1-9-7-11(17-3)8-12(18-4)13(9)14-10(2)15-5-6-16-14/h7-8,10,14-16H,5-6H2,1-4H3. The van der Waals surface area contributed by atoms with E-state index in [1.165, 1.54) is 11.1 Å². The Morgan fingerprint density at radius 2 is 1.83 bits per heavy atom. The van der Waals surface area contributed by atoms with E-state index < -0.39 is 0 Å². The number of rotatable bonds is 3. The average Bonchev–Trinajstić information content (AvgIpc) is 2.39. The smallest absolute Gasteiger partial charge is 0.127 e. The fourth-order valence-corrected chi connectivity index (χ4v) is 2.59. The lowest BCUT2D eigenvalue weighted by atomic mass is 9.93. The first-order valence-electron chi connectivity index (χ1n) is 6.36. The number of piperazine rings is 1. The Hall–Kier alpha value is -1.26. The molecule has 1 saturated heterocycles. The van der Waals surface area contributed by atoms with E-state index in [0.29, 0.717) is 6.04 Å². The van der Waals surface area contributed by atoms with Crippen LogP contribution in [-0.2, 0) is 0 Å². The quantitative estimate of drug-likeness (QED) is 0.856. The Balaban J connectivity index is 2.41. The molecule has 0 spiro atoms. The molecule has 1 aromatic carbocycles. The molecule has 2 unspecified atom stereocenters. The van der Waals surface area contributed by atoms with Crippen LogP contribution in [0.3, 0.4) is 0 Å². The Morgan fingerprint density at radius 3 is 2.44 bits per heavy atom. The molecule has 0 aliphatic carbocycles. The number of hydrogen-bond donors (Lipinski definition) is 2. The van der Waals surface area contributed by atoms with E-state index in [-0.39, 0.29) is 6.04 Å². The maximum Gasteiger partial charge on any atom is 0.127 e. The van der Waals surface area contributed by atoms with Crippen molar-refractivity contribution in [3.05, 3.63) is 23.3 Å². The minimum absolute atomic E-state index is 0.277. The molecule has 0 saturated carbocycles. The van der Waals surface area contributed by atoms with Gasteiger partial charge in [0.2, 0.25) is 0 Å². The highest BCUT2D eigenvalue weighted by Crippen LogP contribution is 2.34. The van der Waals surface area contributed by atoms with Crippen LogP contribution in [0.5, 0.6) is 11.5 Å². The minimum atomic E-state index is 0.277. The van der Waals surface area contributed by atoms with Gasteiger partial charge in [0.25, 0.3) is 0 Å². The Bertz CT molecular complexity index is 421. The van der Waals surface area contributed by atoms with Gasteiger partial charge in [0.15, 0.2) is 0 Å². The zero-order valence-electron chi connectivity index (χ0n) is 11.5. The van der Waals surface area contributed by atoms with Gasteiger partial charge in [-0.1, -0.05) is 0 Å². The fourth-order valence-electron chi connectivity index (χ4n) is 2.59. The number of benzene rings is 1. The van der Waals surface area contributed by atoms with Crippen molar-refractivity contribution in [3.8, 4) is 11.5 Å². The molecule has 2 N–H and O–H groups in total. The van der Waals surface area contributed by atoms with Crippen molar-refractivity contribution < 1.29 is 9.47 Å². The lowest BCUT2D eigenvalue weighted by Crippen LogP contribution is -2.49. The molecular formula is C14H22N2O2. The third-order valence-electron chi connectivity index (χ3n) is 3.54. The van der Waals surface area contributed by atoms with Crippen molar-refractivity contribution >= 4 is 0 Å². The van der Waals surface area contributed by atoms with Crippen LogP contribution in [0.15, 0.2) is 12.1 Å². The molecule has 1 heterocycles. The summed E-state index contributed by atoms with van der Waals surface area (Å²) < 4.78 is 10.8. The van der Waals surface area contributed by atoms with E-state index in [1.54, 1.807) is 14.2 Å². The van der Waals surface area contributed by atoms with Gasteiger partial charge in [0, 0.05) is 30.8 Å². The SMILES string of the molecule is COc1cc(C)c(C2NCCNC2C)c(OC)c1. The maximum absolute atomic E-state index is 5.52. The first-order valence-corrected chi connectivity index (χ1v) is 6.36. The predicted octanol–water partition coefficient (Wildman–Crippen LogP) is 1.63. The second-order valence-corrected chi connectivity index (χ2v) is 4.73. The third-order valence-corrected chi connectivity index (χ3v) is 3.54. The number of nitrogens with one attached hydrogen (secondary N) is 2. The van der Waals surface area contributed by atoms with E-state index in [0.717, 1.165) is 24.6 Å². The van der Waals surface area contributed by atoms with Gasteiger partial charge in [-0.3, -0.25) is 0 Å². The molecule has 0 bridgehead atoms. The molecule has 100 valence electrons. The average molecular weight is 250 g/mol. The fraction of sp³-hybridized carbons (Fsp3) is 0.571. The van der Waals surface area contributed by atoms with Crippen LogP contribution in [0.2, 0.25) is 0 Å². The molecule has 0 radical (unpaired) electrons. The molecular weight excluding hydrogens is 228 g/mol. The molecule has 4 heteroatoms. The van der Waals surface area contributed by atoms with Crippen molar-refractivity contribution in [2.45, 2.75) is 25.9 Å². The molecule has 1 fully saturated rings. The molecule has 1 aliphatic rings. The highest BCUT2D eigenvalue weighted by molar-refractivity contribution is 5.48. The van der Waals surface area contributed by atoms with Crippen LogP contribution >= 0.6 is 0 Å². The first kappa shape index (κ1) is 13.2. The van der Waals surface area contributed by atoms with Crippen LogP contribution < -0.4 is 20.1 Å². The Morgan fingerprint density at radius 1 is 1.11 bits per heavy atom. The molecule has 0 aromatic heterocycles. The molecule has 1 aromatic rings. The molecule has 2 atom stereocenters. The van der Waals surface area contributed by atoms with Crippen molar-refractivity contribution in [1.29, 1.82) is 0 Å². The van der Waals surface area contributed by atoms with E-state index in [9.17, 15) is 0 Å². The first-order chi connectivity index (χ1) is 8.67. The maximum atomic E-state index is 5.52. The predicted molar refractivity (Wildman–Crippen MR) is 72.5 cm³/mol. The lowest BCUT2D eigenvalue weighted by molar-refractivity contribution is 0.327. The van der Waals surface area contributed by atoms with Gasteiger partial charge in [0.1, 0.15) is 11.5 Å². The van der Waals surface area contributed by atoms with Crippen molar-refractivity contribution in [2.75, 3.05) is 27.3 Å². The summed E-state index contributed by atoms with van der Waals surface area (Å²) in [5.74, 6) is 1.73. The zero-order chi connectivity index (χ0) is 13.1. The van der Waals surface area contributed by atoms with Crippen LogP contribution in [0.25, 0.3) is 0 Å². The van der Waals surface area contributed by atoms with Gasteiger partial charge in [-0.25, -0.2) is 0 Å². The van der Waals surface area contributed by atoms with E-state index >= 15 is 0 Å². The van der Waals surface area contributed by atoms with Gasteiger partial charge in [0.05, 0.1) is 20.3 Å². The monoisotopic (exact) mass is 250 g/mol. The summed E-state index contributed by atoms with van der Waals surface area (Å²) in [5.41, 5.74) is 2.41. The molecule has 2 rings (SSSR count).